The number of allylic oxidation sites excluding steroid dienone is 1. The van der Waals surface area contributed by atoms with Crippen LogP contribution in [0.15, 0.2) is 24.3 Å². The minimum Gasteiger partial charge on any atom is -0.481 e. The summed E-state index contributed by atoms with van der Waals surface area (Å²) in [4.78, 5) is 24.3. The van der Waals surface area contributed by atoms with E-state index in [1.54, 1.807) is 6.92 Å². The van der Waals surface area contributed by atoms with Crippen LogP contribution < -0.4 is 0 Å². The molecule has 0 spiro atoms. The van der Waals surface area contributed by atoms with Crippen LogP contribution in [0.4, 0.5) is 8.78 Å². The maximum Gasteiger partial charge on any atom is 0.308 e. The Hall–Kier alpha value is -1.95. The van der Waals surface area contributed by atoms with Gasteiger partial charge in [0.1, 0.15) is 11.6 Å². The van der Waals surface area contributed by atoms with Crippen molar-refractivity contribution in [1.29, 1.82) is 0 Å². The Balaban J connectivity index is 0.00000242. The predicted molar refractivity (Wildman–Crippen MR) is 79.6 cm³/mol. The van der Waals surface area contributed by atoms with Gasteiger partial charge in [-0.3, -0.25) is 9.59 Å². The molecule has 1 aromatic rings. The number of hydrogen-bond acceptors (Lipinski definition) is 2. The fourth-order valence-corrected chi connectivity index (χ4v) is 2.33. The first kappa shape index (κ1) is 18.1. The minimum absolute atomic E-state index is 0. The Kier molecular flexibility index (Phi) is 6.05. The van der Waals surface area contributed by atoms with E-state index in [0.29, 0.717) is 18.5 Å². The molecule has 0 bridgehead atoms. The van der Waals surface area contributed by atoms with Gasteiger partial charge < -0.3 is 10.0 Å². The number of carbonyl (C=O) groups excluding carboxylic acids is 1. The third-order valence-corrected chi connectivity index (χ3v) is 3.55. The highest BCUT2D eigenvalue weighted by Crippen LogP contribution is 2.21. The van der Waals surface area contributed by atoms with Crippen LogP contribution in [0, 0.1) is 17.6 Å². The van der Waals surface area contributed by atoms with E-state index in [4.69, 9.17) is 5.11 Å². The minimum atomic E-state index is -0.921. The van der Waals surface area contributed by atoms with Crippen molar-refractivity contribution in [2.45, 2.75) is 13.3 Å². The second-order valence-electron chi connectivity index (χ2n) is 5.06. The average Bonchev–Trinajstić information content (AvgIpc) is 2.88. The summed E-state index contributed by atoms with van der Waals surface area (Å²) < 4.78 is 26.5. The molecule has 1 aliphatic heterocycles. The molecule has 0 radical (unpaired) electrons. The van der Waals surface area contributed by atoms with E-state index in [1.807, 2.05) is 0 Å². The third-order valence-electron chi connectivity index (χ3n) is 3.55. The molecule has 22 heavy (non-hydrogen) atoms. The van der Waals surface area contributed by atoms with Crippen LogP contribution in [-0.2, 0) is 9.59 Å². The maximum absolute atomic E-state index is 13.6. The first-order valence-electron chi connectivity index (χ1n) is 6.54. The van der Waals surface area contributed by atoms with Crippen molar-refractivity contribution in [2.75, 3.05) is 13.1 Å². The van der Waals surface area contributed by atoms with E-state index in [0.717, 1.165) is 12.1 Å². The van der Waals surface area contributed by atoms with Crippen molar-refractivity contribution < 1.29 is 23.5 Å². The molecule has 1 amide bonds. The predicted octanol–water partition coefficient (Wildman–Crippen LogP) is 2.72. The summed E-state index contributed by atoms with van der Waals surface area (Å²) in [6, 6.07) is 3.15. The quantitative estimate of drug-likeness (QED) is 0.866. The molecule has 1 heterocycles. The lowest BCUT2D eigenvalue weighted by Gasteiger charge is -2.14. The van der Waals surface area contributed by atoms with E-state index in [2.05, 4.69) is 0 Å². The summed E-state index contributed by atoms with van der Waals surface area (Å²) in [6.07, 6.45) is 1.67. The van der Waals surface area contributed by atoms with Crippen molar-refractivity contribution in [1.82, 2.24) is 4.90 Å². The molecule has 1 unspecified atom stereocenters. The SMILES string of the molecule is C/C(=C/C(=O)N1CCC(C(=O)O)C1)c1ccc(F)cc1F.Cl. The number of carboxylic acids is 1. The van der Waals surface area contributed by atoms with Crippen LogP contribution in [0.5, 0.6) is 0 Å². The number of hydrogen-bond donors (Lipinski definition) is 1. The summed E-state index contributed by atoms with van der Waals surface area (Å²) in [5.41, 5.74) is 0.523. The highest BCUT2D eigenvalue weighted by Gasteiger charge is 2.30. The van der Waals surface area contributed by atoms with Crippen molar-refractivity contribution in [3.05, 3.63) is 41.5 Å². The second kappa shape index (κ2) is 7.35. The van der Waals surface area contributed by atoms with Crippen LogP contribution in [0.25, 0.3) is 5.57 Å². The molecule has 1 fully saturated rings. The van der Waals surface area contributed by atoms with Gasteiger partial charge in [0.2, 0.25) is 5.91 Å². The Morgan fingerprint density at radius 2 is 2.05 bits per heavy atom. The molecule has 4 nitrogen and oxygen atoms in total. The van der Waals surface area contributed by atoms with Gasteiger partial charge in [0.15, 0.2) is 0 Å². The highest BCUT2D eigenvalue weighted by molar-refractivity contribution is 5.95. The zero-order valence-corrected chi connectivity index (χ0v) is 12.7. The Labute approximate surface area is 132 Å². The lowest BCUT2D eigenvalue weighted by Crippen LogP contribution is -2.28. The fourth-order valence-electron chi connectivity index (χ4n) is 2.33. The van der Waals surface area contributed by atoms with E-state index >= 15 is 0 Å². The van der Waals surface area contributed by atoms with E-state index in [9.17, 15) is 18.4 Å². The van der Waals surface area contributed by atoms with E-state index in [-0.39, 0.29) is 30.4 Å². The highest BCUT2D eigenvalue weighted by atomic mass is 35.5. The van der Waals surface area contributed by atoms with Gasteiger partial charge in [0.25, 0.3) is 0 Å². The van der Waals surface area contributed by atoms with Crippen molar-refractivity contribution >= 4 is 29.9 Å². The van der Waals surface area contributed by atoms with Crippen molar-refractivity contribution in [3.63, 3.8) is 0 Å². The van der Waals surface area contributed by atoms with Gasteiger partial charge in [-0.15, -0.1) is 12.4 Å². The van der Waals surface area contributed by atoms with Gasteiger partial charge >= 0.3 is 5.97 Å². The molecule has 1 aliphatic rings. The van der Waals surface area contributed by atoms with Crippen LogP contribution >= 0.6 is 12.4 Å². The van der Waals surface area contributed by atoms with Crippen LogP contribution in [-0.4, -0.2) is 35.0 Å². The van der Waals surface area contributed by atoms with Crippen LogP contribution in [0.1, 0.15) is 18.9 Å². The molecule has 0 aromatic heterocycles. The zero-order chi connectivity index (χ0) is 15.6. The van der Waals surface area contributed by atoms with Gasteiger partial charge in [0, 0.05) is 30.8 Å². The summed E-state index contributed by atoms with van der Waals surface area (Å²) >= 11 is 0. The third kappa shape index (κ3) is 4.04. The Bertz CT molecular complexity index is 619. The van der Waals surface area contributed by atoms with Gasteiger partial charge in [0.05, 0.1) is 5.92 Å². The van der Waals surface area contributed by atoms with Gasteiger partial charge in [-0.2, -0.15) is 0 Å². The molecule has 1 N–H and O–H groups in total. The van der Waals surface area contributed by atoms with Gasteiger partial charge in [-0.25, -0.2) is 8.78 Å². The molecule has 1 aromatic carbocycles. The summed E-state index contributed by atoms with van der Waals surface area (Å²) in [7, 11) is 0. The summed E-state index contributed by atoms with van der Waals surface area (Å²) in [5.74, 6) is -3.25. The molecule has 2 rings (SSSR count). The molecule has 120 valence electrons. The smallest absolute Gasteiger partial charge is 0.308 e. The summed E-state index contributed by atoms with van der Waals surface area (Å²) in [5, 5.41) is 8.90. The molecular weight excluding hydrogens is 316 g/mol. The van der Waals surface area contributed by atoms with Crippen molar-refractivity contribution in [2.24, 2.45) is 5.92 Å². The zero-order valence-electron chi connectivity index (χ0n) is 11.9. The van der Waals surface area contributed by atoms with E-state index in [1.165, 1.54) is 17.0 Å². The monoisotopic (exact) mass is 331 g/mol. The first-order chi connectivity index (χ1) is 9.88. The normalized spacial score (nSPS) is 18.0. The Morgan fingerprint density at radius 3 is 2.59 bits per heavy atom. The molecule has 0 saturated carbocycles. The number of carboxylic acid groups (broad SMARTS) is 1. The maximum atomic E-state index is 13.6. The number of aliphatic carboxylic acids is 1. The standard InChI is InChI=1S/C15H15F2NO3.ClH/c1-9(12-3-2-11(16)7-13(12)17)6-14(19)18-5-4-10(8-18)15(20)21;/h2-3,6-7,10H,4-5,8H2,1H3,(H,20,21);1H/b9-6-;. The lowest BCUT2D eigenvalue weighted by molar-refractivity contribution is -0.141. The number of benzene rings is 1. The van der Waals surface area contributed by atoms with E-state index < -0.39 is 23.5 Å². The number of rotatable bonds is 3. The number of carbonyl (C=O) groups is 2. The number of nitrogens with zero attached hydrogens (tertiary/aromatic N) is 1. The number of amides is 1. The summed E-state index contributed by atoms with van der Waals surface area (Å²) in [6.45, 7) is 2.08. The van der Waals surface area contributed by atoms with Crippen LogP contribution in [0.2, 0.25) is 0 Å². The second-order valence-corrected chi connectivity index (χ2v) is 5.06. The molecule has 0 aliphatic carbocycles. The molecule has 1 saturated heterocycles. The molecular formula is C15H16ClF2NO3. The Morgan fingerprint density at radius 1 is 1.36 bits per heavy atom. The van der Waals surface area contributed by atoms with Gasteiger partial charge in [-0.05, 0) is 31.1 Å². The number of halogens is 3. The largest absolute Gasteiger partial charge is 0.481 e. The average molecular weight is 332 g/mol. The molecule has 7 heteroatoms. The fraction of sp³-hybridized carbons (Fsp3) is 0.333. The van der Waals surface area contributed by atoms with Crippen LogP contribution in [0.3, 0.4) is 0 Å². The topological polar surface area (TPSA) is 57.6 Å². The van der Waals surface area contributed by atoms with Gasteiger partial charge in [-0.1, -0.05) is 0 Å². The van der Waals surface area contributed by atoms with Crippen molar-refractivity contribution in [3.8, 4) is 0 Å². The molecule has 1 atom stereocenters. The first-order valence-corrected chi connectivity index (χ1v) is 6.54. The number of likely N-dealkylation sites (tertiary alicyclic amines) is 1. The lowest BCUT2D eigenvalue weighted by atomic mass is 10.1.